The first kappa shape index (κ1) is 13.8. The largest absolute Gasteiger partial charge is 0.315 e. The van der Waals surface area contributed by atoms with Gasteiger partial charge in [0, 0.05) is 24.7 Å². The third kappa shape index (κ3) is 2.40. The van der Waals surface area contributed by atoms with Gasteiger partial charge in [-0.25, -0.2) is 8.42 Å². The Kier molecular flexibility index (Phi) is 3.96. The first-order chi connectivity index (χ1) is 8.44. The van der Waals surface area contributed by atoms with E-state index in [0.29, 0.717) is 22.0 Å². The van der Waals surface area contributed by atoms with E-state index in [4.69, 9.17) is 11.6 Å². The van der Waals surface area contributed by atoms with Gasteiger partial charge in [0.05, 0.1) is 4.90 Å². The van der Waals surface area contributed by atoms with Gasteiger partial charge in [-0.05, 0) is 37.6 Å². The quantitative estimate of drug-likeness (QED) is 0.920. The molecule has 1 aliphatic rings. The van der Waals surface area contributed by atoms with Gasteiger partial charge in [-0.15, -0.1) is 0 Å². The zero-order valence-electron chi connectivity index (χ0n) is 10.5. The number of nitrogens with zero attached hydrogens (tertiary/aromatic N) is 1. The highest BCUT2D eigenvalue weighted by Gasteiger charge is 2.31. The van der Waals surface area contributed by atoms with Gasteiger partial charge in [-0.1, -0.05) is 17.7 Å². The first-order valence-electron chi connectivity index (χ1n) is 5.88. The van der Waals surface area contributed by atoms with Crippen molar-refractivity contribution in [2.45, 2.75) is 24.3 Å². The molecule has 0 spiro atoms. The molecule has 1 N–H and O–H groups in total. The molecule has 1 atom stereocenters. The highest BCUT2D eigenvalue weighted by Crippen LogP contribution is 2.26. The summed E-state index contributed by atoms with van der Waals surface area (Å²) < 4.78 is 26.5. The zero-order valence-corrected chi connectivity index (χ0v) is 12.1. The van der Waals surface area contributed by atoms with E-state index in [0.717, 1.165) is 13.0 Å². The van der Waals surface area contributed by atoms with Crippen LogP contribution in [0.4, 0.5) is 0 Å². The fraction of sp³-hybridized carbons (Fsp3) is 0.500. The molecule has 0 aliphatic carbocycles. The summed E-state index contributed by atoms with van der Waals surface area (Å²) in [6, 6.07) is 5.00. The number of rotatable bonds is 3. The van der Waals surface area contributed by atoms with Crippen LogP contribution in [0.3, 0.4) is 0 Å². The van der Waals surface area contributed by atoms with Gasteiger partial charge < -0.3 is 5.32 Å². The molecule has 0 unspecified atom stereocenters. The van der Waals surface area contributed by atoms with Crippen molar-refractivity contribution in [3.63, 3.8) is 0 Å². The second-order valence-corrected chi connectivity index (χ2v) is 6.90. The number of sulfonamides is 1. The number of halogens is 1. The van der Waals surface area contributed by atoms with Crippen LogP contribution in [0, 0.1) is 6.92 Å². The van der Waals surface area contributed by atoms with Crippen LogP contribution >= 0.6 is 11.6 Å². The maximum absolute atomic E-state index is 12.5. The van der Waals surface area contributed by atoms with Crippen LogP contribution in [-0.4, -0.2) is 38.9 Å². The summed E-state index contributed by atoms with van der Waals surface area (Å²) >= 11 is 5.99. The fourth-order valence-electron chi connectivity index (χ4n) is 2.17. The smallest absolute Gasteiger partial charge is 0.243 e. The Morgan fingerprint density at radius 3 is 2.78 bits per heavy atom. The molecule has 1 aromatic carbocycles. The van der Waals surface area contributed by atoms with E-state index in [2.05, 4.69) is 5.32 Å². The first-order valence-corrected chi connectivity index (χ1v) is 7.70. The number of hydrogen-bond acceptors (Lipinski definition) is 3. The van der Waals surface area contributed by atoms with Crippen LogP contribution in [0.15, 0.2) is 23.1 Å². The van der Waals surface area contributed by atoms with Crippen molar-refractivity contribution in [3.8, 4) is 0 Å². The molecule has 100 valence electrons. The molecule has 4 nitrogen and oxygen atoms in total. The number of nitrogens with one attached hydrogen (secondary N) is 1. The van der Waals surface area contributed by atoms with Gasteiger partial charge in [-0.2, -0.15) is 4.31 Å². The lowest BCUT2D eigenvalue weighted by molar-refractivity contribution is 0.387. The van der Waals surface area contributed by atoms with E-state index in [1.165, 1.54) is 4.31 Å². The van der Waals surface area contributed by atoms with Crippen LogP contribution < -0.4 is 5.32 Å². The number of likely N-dealkylation sites (N-methyl/N-ethyl adjacent to an activating group) is 1. The maximum atomic E-state index is 12.5. The van der Waals surface area contributed by atoms with E-state index in [1.807, 2.05) is 0 Å². The third-order valence-electron chi connectivity index (χ3n) is 3.42. The molecule has 2 rings (SSSR count). The highest BCUT2D eigenvalue weighted by atomic mass is 35.5. The maximum Gasteiger partial charge on any atom is 0.243 e. The molecular formula is C12H17ClN2O2S. The van der Waals surface area contributed by atoms with Gasteiger partial charge >= 0.3 is 0 Å². The van der Waals surface area contributed by atoms with Crippen molar-refractivity contribution < 1.29 is 8.42 Å². The highest BCUT2D eigenvalue weighted by molar-refractivity contribution is 7.89. The SMILES string of the molecule is Cc1c(Cl)cccc1S(=O)(=O)N(C)[C@H]1CCNC1. The Hall–Kier alpha value is -0.620. The second-order valence-electron chi connectivity index (χ2n) is 4.53. The Balaban J connectivity index is 2.38. The van der Waals surface area contributed by atoms with Gasteiger partial charge in [0.2, 0.25) is 10.0 Å². The van der Waals surface area contributed by atoms with E-state index >= 15 is 0 Å². The van der Waals surface area contributed by atoms with E-state index in [9.17, 15) is 8.42 Å². The van der Waals surface area contributed by atoms with Crippen molar-refractivity contribution in [1.82, 2.24) is 9.62 Å². The third-order valence-corrected chi connectivity index (χ3v) is 5.89. The lowest BCUT2D eigenvalue weighted by Gasteiger charge is -2.24. The predicted molar refractivity (Wildman–Crippen MR) is 72.4 cm³/mol. The molecule has 0 radical (unpaired) electrons. The molecular weight excluding hydrogens is 272 g/mol. The summed E-state index contributed by atoms with van der Waals surface area (Å²) in [5.41, 5.74) is 0.608. The topological polar surface area (TPSA) is 49.4 Å². The van der Waals surface area contributed by atoms with Crippen LogP contribution in [-0.2, 0) is 10.0 Å². The minimum atomic E-state index is -3.47. The van der Waals surface area contributed by atoms with E-state index in [-0.39, 0.29) is 6.04 Å². The van der Waals surface area contributed by atoms with Gasteiger partial charge in [0.15, 0.2) is 0 Å². The van der Waals surface area contributed by atoms with Gasteiger partial charge in [-0.3, -0.25) is 0 Å². The average Bonchev–Trinajstić information content (AvgIpc) is 2.85. The standard InChI is InChI=1S/C12H17ClN2O2S/c1-9-11(13)4-3-5-12(9)18(16,17)15(2)10-6-7-14-8-10/h3-5,10,14H,6-8H2,1-2H3/t10-/m0/s1. The molecule has 1 heterocycles. The summed E-state index contributed by atoms with van der Waals surface area (Å²) in [6.45, 7) is 3.30. The van der Waals surface area contributed by atoms with Crippen molar-refractivity contribution >= 4 is 21.6 Å². The van der Waals surface area contributed by atoms with E-state index < -0.39 is 10.0 Å². The Morgan fingerprint density at radius 2 is 2.17 bits per heavy atom. The van der Waals surface area contributed by atoms with Gasteiger partial charge in [0.25, 0.3) is 0 Å². The lowest BCUT2D eigenvalue weighted by atomic mass is 10.2. The molecule has 0 saturated carbocycles. The molecule has 1 saturated heterocycles. The molecule has 1 fully saturated rings. The Bertz CT molecular complexity index is 539. The Labute approximate surface area is 113 Å². The second kappa shape index (κ2) is 5.17. The lowest BCUT2D eigenvalue weighted by Crippen LogP contribution is -2.38. The summed E-state index contributed by atoms with van der Waals surface area (Å²) in [7, 11) is -1.83. The van der Waals surface area contributed by atoms with Gasteiger partial charge in [0.1, 0.15) is 0 Å². The van der Waals surface area contributed by atoms with Crippen LogP contribution in [0.2, 0.25) is 5.02 Å². The van der Waals surface area contributed by atoms with Crippen molar-refractivity contribution in [2.75, 3.05) is 20.1 Å². The summed E-state index contributed by atoms with van der Waals surface area (Å²) in [5, 5.41) is 3.65. The normalized spacial score (nSPS) is 20.6. The zero-order chi connectivity index (χ0) is 13.3. The fourth-order valence-corrected chi connectivity index (χ4v) is 4.03. The van der Waals surface area contributed by atoms with Crippen molar-refractivity contribution in [2.24, 2.45) is 0 Å². The summed E-state index contributed by atoms with van der Waals surface area (Å²) in [6.07, 6.45) is 0.843. The molecule has 0 bridgehead atoms. The van der Waals surface area contributed by atoms with Crippen LogP contribution in [0.25, 0.3) is 0 Å². The van der Waals surface area contributed by atoms with Crippen molar-refractivity contribution in [3.05, 3.63) is 28.8 Å². The predicted octanol–water partition coefficient (Wildman–Crippen LogP) is 1.63. The molecule has 1 aliphatic heterocycles. The monoisotopic (exact) mass is 288 g/mol. The minimum absolute atomic E-state index is 0.0216. The molecule has 1 aromatic rings. The molecule has 0 amide bonds. The molecule has 0 aromatic heterocycles. The summed E-state index contributed by atoms with van der Waals surface area (Å²) in [4.78, 5) is 0.296. The molecule has 6 heteroatoms. The van der Waals surface area contributed by atoms with Crippen molar-refractivity contribution in [1.29, 1.82) is 0 Å². The van der Waals surface area contributed by atoms with Crippen LogP contribution in [0.1, 0.15) is 12.0 Å². The van der Waals surface area contributed by atoms with E-state index in [1.54, 1.807) is 32.2 Å². The number of benzene rings is 1. The average molecular weight is 289 g/mol. The van der Waals surface area contributed by atoms with Crippen LogP contribution in [0.5, 0.6) is 0 Å². The minimum Gasteiger partial charge on any atom is -0.315 e. The molecule has 18 heavy (non-hydrogen) atoms. The summed E-state index contributed by atoms with van der Waals surface area (Å²) in [5.74, 6) is 0. The number of hydrogen-bond donors (Lipinski definition) is 1. The Morgan fingerprint density at radius 1 is 1.44 bits per heavy atom.